The molecule has 2 aromatic carbocycles. The van der Waals surface area contributed by atoms with Crippen molar-refractivity contribution in [2.45, 2.75) is 266 Å². The number of anilines is 1. The second-order valence-corrected chi connectivity index (χ2v) is 33.1. The number of primary amides is 1. The summed E-state index contributed by atoms with van der Waals surface area (Å²) in [6, 6.07) is 10.5. The number of nitrogens with zero attached hydrogens (tertiary/aromatic N) is 3. The average molecular weight is 1590 g/mol. The summed E-state index contributed by atoms with van der Waals surface area (Å²) in [7, 11) is 4.79. The van der Waals surface area contributed by atoms with Crippen molar-refractivity contribution in [2.24, 2.45) is 34.8 Å². The molecule has 1 aliphatic heterocycles. The second-order valence-electron chi connectivity index (χ2n) is 32.2. The molecule has 628 valence electrons. The maximum Gasteiger partial charge on any atom is 0.407 e. The van der Waals surface area contributed by atoms with Crippen LogP contribution >= 0.6 is 11.3 Å². The molecule has 4 rings (SSSR count). The molecule has 1 fully saturated rings. The molecule has 3 aromatic rings. The fourth-order valence-electron chi connectivity index (χ4n) is 13.2. The molecule has 30 nitrogen and oxygen atoms in total. The van der Waals surface area contributed by atoms with Gasteiger partial charge in [-0.1, -0.05) is 124 Å². The molecule has 12 atom stereocenters. The molecular weight excluding hydrogens is 1460 g/mol. The number of aryl methyl sites for hydroxylation is 1. The van der Waals surface area contributed by atoms with Gasteiger partial charge in [0.1, 0.15) is 41.3 Å². The largest absolute Gasteiger partial charge is 0.450 e. The van der Waals surface area contributed by atoms with Gasteiger partial charge in [-0.3, -0.25) is 47.9 Å². The number of amides is 12. The van der Waals surface area contributed by atoms with Crippen LogP contribution in [0.2, 0.25) is 0 Å². The van der Waals surface area contributed by atoms with E-state index in [0.29, 0.717) is 63.7 Å². The molecule has 12 amide bonds. The Morgan fingerprint density at radius 2 is 1.33 bits per heavy atom. The van der Waals surface area contributed by atoms with Gasteiger partial charge in [-0.2, -0.15) is 0 Å². The number of likely N-dealkylation sites (N-methyl/N-ethyl adjacent to an activating group) is 1. The van der Waals surface area contributed by atoms with Crippen LogP contribution in [0.3, 0.4) is 0 Å². The number of aromatic nitrogens is 1. The summed E-state index contributed by atoms with van der Waals surface area (Å²) in [5.41, 5.74) is 5.51. The van der Waals surface area contributed by atoms with Crippen molar-refractivity contribution in [2.75, 3.05) is 59.4 Å². The molecule has 0 unspecified atom stereocenters. The SMILES string of the molecule is CCOC(=O)NC(C)(C)C(=O)N[C@H](C(=O)N(C)[C@@H]([C@@H](C)CC)[C@@H](CC(=O)N1CCC[C@H]1[C@H](OC)[C@@H](C)C(=O)N[C@@H](Cc1ccccc1)c1nccs1)OC)C(C)C.Cc1ccc(NC(=O)[C@H](CCCNC(N)=O)NC(=O)[C@@H](NC(=O)[C@H](CCCCNC(=O)CC[C@@H](NC(C)(C)C)C(=O)C(C)(C)C)NC(=O)CO)C(C)C)cc1. The molecule has 1 aromatic heterocycles. The fraction of sp³-hybridized carbons (Fsp3) is 0.667. The van der Waals surface area contributed by atoms with Crippen molar-refractivity contribution < 1.29 is 76.9 Å². The zero-order valence-corrected chi connectivity index (χ0v) is 70.7. The Kier molecular flexibility index (Phi) is 41.6. The van der Waals surface area contributed by atoms with Crippen LogP contribution in [0.4, 0.5) is 15.3 Å². The number of aliphatic hydroxyl groups is 1. The first-order valence-corrected chi connectivity index (χ1v) is 40.0. The number of hydrogen-bond acceptors (Lipinski definition) is 19. The lowest BCUT2D eigenvalue weighted by molar-refractivity contribution is -0.148. The van der Waals surface area contributed by atoms with Crippen LogP contribution in [0.1, 0.15) is 204 Å². The number of nitrogens with one attached hydrogen (secondary N) is 10. The van der Waals surface area contributed by atoms with Crippen LogP contribution in [-0.2, 0) is 68.6 Å². The summed E-state index contributed by atoms with van der Waals surface area (Å²) in [6.07, 6.45) is 4.41. The zero-order chi connectivity index (χ0) is 84.4. The van der Waals surface area contributed by atoms with Gasteiger partial charge in [0.2, 0.25) is 53.2 Å². The van der Waals surface area contributed by atoms with Crippen LogP contribution in [-0.4, -0.2) is 211 Å². The van der Waals surface area contributed by atoms with Crippen molar-refractivity contribution in [3.8, 4) is 0 Å². The number of benzene rings is 2. The Hall–Kier alpha value is -8.65. The lowest BCUT2D eigenvalue weighted by atomic mass is 9.84. The number of ether oxygens (including phenoxy) is 3. The lowest BCUT2D eigenvalue weighted by Gasteiger charge is -2.41. The minimum atomic E-state index is -1.36. The van der Waals surface area contributed by atoms with Crippen molar-refractivity contribution in [3.05, 3.63) is 82.3 Å². The number of rotatable bonds is 44. The molecule has 1 aliphatic rings. The minimum Gasteiger partial charge on any atom is -0.450 e. The molecule has 0 saturated carbocycles. The van der Waals surface area contributed by atoms with Gasteiger partial charge in [0.25, 0.3) is 0 Å². The minimum absolute atomic E-state index is 0.00493. The molecule has 13 N–H and O–H groups in total. The first kappa shape index (κ1) is 97.5. The van der Waals surface area contributed by atoms with E-state index in [-0.39, 0.29) is 97.7 Å². The van der Waals surface area contributed by atoms with Gasteiger partial charge in [-0.25, -0.2) is 14.6 Å². The molecule has 2 heterocycles. The Morgan fingerprint density at radius 3 is 1.88 bits per heavy atom. The van der Waals surface area contributed by atoms with Crippen molar-refractivity contribution in [3.63, 3.8) is 0 Å². The number of likely N-dealkylation sites (tertiary alicyclic amines) is 1. The predicted molar refractivity (Wildman–Crippen MR) is 432 cm³/mol. The first-order valence-electron chi connectivity index (χ1n) is 39.2. The third kappa shape index (κ3) is 33.2. The van der Waals surface area contributed by atoms with E-state index < -0.39 is 120 Å². The van der Waals surface area contributed by atoms with E-state index in [0.717, 1.165) is 22.6 Å². The summed E-state index contributed by atoms with van der Waals surface area (Å²) < 4.78 is 17.0. The van der Waals surface area contributed by atoms with Gasteiger partial charge < -0.3 is 88.0 Å². The quantitative estimate of drug-likeness (QED) is 0.0252. The molecule has 0 spiro atoms. The highest BCUT2D eigenvalue weighted by atomic mass is 32.1. The Morgan fingerprint density at radius 1 is 0.705 bits per heavy atom. The van der Waals surface area contributed by atoms with E-state index >= 15 is 0 Å². The number of alkyl carbamates (subject to hydrolysis) is 1. The number of methoxy groups -OCH3 is 2. The monoisotopic (exact) mass is 1590 g/mol. The van der Waals surface area contributed by atoms with Crippen molar-refractivity contribution in [1.29, 1.82) is 0 Å². The van der Waals surface area contributed by atoms with E-state index in [4.69, 9.17) is 19.9 Å². The van der Waals surface area contributed by atoms with E-state index in [1.165, 1.54) is 32.3 Å². The number of urea groups is 1. The maximum absolute atomic E-state index is 14.3. The number of carbonyl (C=O) groups excluding carboxylic acids is 12. The number of Topliss-reactive ketones (excluding diaryl/α,β-unsaturated/α-hetero) is 1. The van der Waals surface area contributed by atoms with E-state index in [9.17, 15) is 62.6 Å². The number of hydrogen-bond donors (Lipinski definition) is 12. The maximum atomic E-state index is 14.3. The van der Waals surface area contributed by atoms with Crippen LogP contribution in [0.15, 0.2) is 66.2 Å². The average Bonchev–Trinajstić information content (AvgIpc) is 1.16. The number of carbonyl (C=O) groups is 12. The smallest absolute Gasteiger partial charge is 0.407 e. The number of unbranched alkanes of at least 4 members (excludes halogenated alkanes) is 1. The first-order chi connectivity index (χ1) is 52.5. The lowest BCUT2D eigenvalue weighted by Crippen LogP contribution is -2.62. The molecule has 112 heavy (non-hydrogen) atoms. The van der Waals surface area contributed by atoms with Gasteiger partial charge in [0, 0.05) is 75.5 Å². The van der Waals surface area contributed by atoms with Gasteiger partial charge in [-0.05, 0) is 142 Å². The Balaban J connectivity index is 0.000000581. The van der Waals surface area contributed by atoms with Gasteiger partial charge in [0.05, 0.1) is 55.3 Å². The second kappa shape index (κ2) is 47.8. The van der Waals surface area contributed by atoms with E-state index in [1.807, 2.05) is 131 Å². The number of aliphatic hydroxyl groups excluding tert-OH is 1. The topological polar surface area (TPSA) is 418 Å². The van der Waals surface area contributed by atoms with Crippen LogP contribution in [0, 0.1) is 36.0 Å². The highest BCUT2D eigenvalue weighted by molar-refractivity contribution is 7.09. The molecule has 1 saturated heterocycles. The summed E-state index contributed by atoms with van der Waals surface area (Å²) in [6.45, 7) is 31.3. The molecule has 0 bridgehead atoms. The number of thiazole rings is 1. The van der Waals surface area contributed by atoms with E-state index in [2.05, 4.69) is 58.2 Å². The Bertz CT molecular complexity index is 3480. The molecule has 0 radical (unpaired) electrons. The highest BCUT2D eigenvalue weighted by Crippen LogP contribution is 2.31. The van der Waals surface area contributed by atoms with Crippen LogP contribution in [0.5, 0.6) is 0 Å². The van der Waals surface area contributed by atoms with Gasteiger partial charge in [0.15, 0.2) is 5.78 Å². The van der Waals surface area contributed by atoms with Gasteiger partial charge >= 0.3 is 12.1 Å². The summed E-state index contributed by atoms with van der Waals surface area (Å²) in [5.74, 6) is -5.36. The summed E-state index contributed by atoms with van der Waals surface area (Å²) >= 11 is 1.49. The van der Waals surface area contributed by atoms with Crippen LogP contribution in [0.25, 0.3) is 0 Å². The molecule has 31 heteroatoms. The standard InChI is InChI=1S/C42H66N6O8S.C39H66N8O8/c1-12-27(5)35(47(9)39(51)34(26(3)4)45-40(52)42(7,8)46-41(53)56-13-2)32(54-10)25-33(49)48-22-17-20-31(48)36(55-11)28(6)37(50)44-30(38-43-21-23-57-38)24-29-18-15-14-16-19-29;1-24(2)32(36(54)45-29(14-12-22-42-37(40)55)34(52)43-26-17-15-25(3)16-18-26)46-35(53)28(44-31(50)23-48)13-10-11-21-41-30(49)20-19-27(47-39(7,8)9)33(51)38(4,5)6/h14-16,18-19,21,23,26-28,30-32,34-36H,12-13,17,20,22,24-25H2,1-11H3,(H,44,50)(H,45,52)(H,46,53);15-18,24,27-29,32,47-48H,10-14,19-23H2,1-9H3,(H,41,49)(H,43,52)(H,44,50)(H,45,54)(H,46,53)(H3,40,42,55)/t27-,28+,30-,31-,32+,34-,35-,36+;27-,28+,29+,32+/m01/s1. The predicted octanol–water partition coefficient (Wildman–Crippen LogP) is 7.05. The number of ketones is 1. The van der Waals surface area contributed by atoms with Crippen LogP contribution < -0.4 is 58.9 Å². The van der Waals surface area contributed by atoms with E-state index in [1.54, 1.807) is 63.1 Å². The van der Waals surface area contributed by atoms with Crippen molar-refractivity contribution in [1.82, 2.24) is 62.6 Å². The zero-order valence-electron chi connectivity index (χ0n) is 69.9. The molecule has 0 aliphatic carbocycles. The number of nitrogens with two attached hydrogens (primary N) is 1. The fourth-order valence-corrected chi connectivity index (χ4v) is 13.9. The highest BCUT2D eigenvalue weighted by Gasteiger charge is 2.45. The van der Waals surface area contributed by atoms with Crippen molar-refractivity contribution >= 4 is 88.1 Å². The summed E-state index contributed by atoms with van der Waals surface area (Å²) in [5, 5.41) is 40.0. The third-order valence-corrected chi connectivity index (χ3v) is 20.5. The normalized spacial score (nSPS) is 16.0. The Labute approximate surface area is 667 Å². The third-order valence-electron chi connectivity index (χ3n) is 19.6. The summed E-state index contributed by atoms with van der Waals surface area (Å²) in [4.78, 5) is 165. The molecular formula is C81H132N14O16S. The van der Waals surface area contributed by atoms with Gasteiger partial charge in [-0.15, -0.1) is 11.3 Å².